The van der Waals surface area contributed by atoms with Crippen molar-refractivity contribution in [3.8, 4) is 17.2 Å². The average molecular weight is 249 g/mol. The van der Waals surface area contributed by atoms with Crippen molar-refractivity contribution in [3.05, 3.63) is 17.7 Å². The van der Waals surface area contributed by atoms with E-state index in [0.29, 0.717) is 12.3 Å². The molecule has 1 aromatic carbocycles. The van der Waals surface area contributed by atoms with Crippen LogP contribution >= 0.6 is 0 Å². The molecule has 1 aliphatic heterocycles. The first-order valence-corrected chi connectivity index (χ1v) is 6.65. The summed E-state index contributed by atoms with van der Waals surface area (Å²) in [6.07, 6.45) is 5.39. The van der Waals surface area contributed by atoms with Gasteiger partial charge in [-0.15, -0.1) is 0 Å². The number of rotatable bonds is 4. The van der Waals surface area contributed by atoms with Gasteiger partial charge in [0.05, 0.1) is 0 Å². The quantitative estimate of drug-likeness (QED) is 0.860. The molecule has 0 atom stereocenters. The third kappa shape index (κ3) is 2.38. The van der Waals surface area contributed by atoms with Gasteiger partial charge in [-0.1, -0.05) is 12.8 Å². The van der Waals surface area contributed by atoms with Crippen molar-refractivity contribution < 1.29 is 14.6 Å². The molecular weight excluding hydrogens is 230 g/mol. The van der Waals surface area contributed by atoms with Crippen molar-refractivity contribution in [2.75, 3.05) is 13.3 Å². The maximum Gasteiger partial charge on any atom is 0.231 e. The second-order valence-corrected chi connectivity index (χ2v) is 5.12. The van der Waals surface area contributed by atoms with E-state index < -0.39 is 0 Å². The summed E-state index contributed by atoms with van der Waals surface area (Å²) in [6.45, 7) is 1.96. The molecule has 4 heteroatoms. The van der Waals surface area contributed by atoms with Gasteiger partial charge >= 0.3 is 0 Å². The van der Waals surface area contributed by atoms with Crippen molar-refractivity contribution in [2.24, 2.45) is 5.92 Å². The van der Waals surface area contributed by atoms with Crippen LogP contribution in [0.1, 0.15) is 31.2 Å². The summed E-state index contributed by atoms with van der Waals surface area (Å²) in [5.74, 6) is 2.44. The molecule has 1 fully saturated rings. The van der Waals surface area contributed by atoms with Gasteiger partial charge in [-0.2, -0.15) is 0 Å². The molecular formula is C14H19NO3. The molecule has 2 aliphatic rings. The zero-order chi connectivity index (χ0) is 12.4. The van der Waals surface area contributed by atoms with Crippen molar-refractivity contribution in [1.82, 2.24) is 5.32 Å². The highest BCUT2D eigenvalue weighted by molar-refractivity contribution is 5.51. The lowest BCUT2D eigenvalue weighted by molar-refractivity contribution is 0.174. The first-order valence-electron chi connectivity index (χ1n) is 6.65. The molecule has 0 radical (unpaired) electrons. The molecule has 1 saturated carbocycles. The number of phenolic OH excluding ortho intramolecular Hbond substituents is 1. The number of benzene rings is 1. The molecule has 0 bridgehead atoms. The third-order valence-corrected chi connectivity index (χ3v) is 3.80. The van der Waals surface area contributed by atoms with Crippen LogP contribution in [0.15, 0.2) is 12.1 Å². The first-order chi connectivity index (χ1) is 8.83. The molecule has 1 heterocycles. The van der Waals surface area contributed by atoms with Crippen LogP contribution in [0.4, 0.5) is 0 Å². The standard InChI is InChI=1S/C14H19NO3/c16-12-6-14-13(17-9-18-14)5-11(12)8-15-7-10-3-1-2-4-10/h5-6,10,15-16H,1-4,7-9H2. The van der Waals surface area contributed by atoms with Crippen LogP contribution < -0.4 is 14.8 Å². The van der Waals surface area contributed by atoms with Crippen molar-refractivity contribution in [1.29, 1.82) is 0 Å². The summed E-state index contributed by atoms with van der Waals surface area (Å²) < 4.78 is 10.5. The molecule has 4 nitrogen and oxygen atoms in total. The number of aromatic hydroxyl groups is 1. The van der Waals surface area contributed by atoms with E-state index in [4.69, 9.17) is 9.47 Å². The Balaban J connectivity index is 1.58. The Morgan fingerprint density at radius 3 is 2.67 bits per heavy atom. The van der Waals surface area contributed by atoms with Gasteiger partial charge in [0.25, 0.3) is 0 Å². The van der Waals surface area contributed by atoms with E-state index in [1.54, 1.807) is 6.07 Å². The summed E-state index contributed by atoms with van der Waals surface area (Å²) in [6, 6.07) is 3.49. The molecule has 1 aromatic rings. The molecule has 0 saturated heterocycles. The second kappa shape index (κ2) is 5.06. The Bertz CT molecular complexity index is 427. The monoisotopic (exact) mass is 249 g/mol. The Morgan fingerprint density at radius 2 is 1.89 bits per heavy atom. The molecule has 1 aliphatic carbocycles. The highest BCUT2D eigenvalue weighted by Crippen LogP contribution is 2.37. The van der Waals surface area contributed by atoms with Crippen molar-refractivity contribution >= 4 is 0 Å². The minimum atomic E-state index is 0.244. The lowest BCUT2D eigenvalue weighted by Gasteiger charge is -2.11. The van der Waals surface area contributed by atoms with E-state index in [-0.39, 0.29) is 12.5 Å². The van der Waals surface area contributed by atoms with E-state index in [1.807, 2.05) is 6.07 Å². The van der Waals surface area contributed by atoms with Crippen LogP contribution in [0.3, 0.4) is 0 Å². The highest BCUT2D eigenvalue weighted by atomic mass is 16.7. The van der Waals surface area contributed by atoms with Crippen molar-refractivity contribution in [2.45, 2.75) is 32.2 Å². The summed E-state index contributed by atoms with van der Waals surface area (Å²) >= 11 is 0. The number of hydrogen-bond acceptors (Lipinski definition) is 4. The highest BCUT2D eigenvalue weighted by Gasteiger charge is 2.18. The van der Waals surface area contributed by atoms with Crippen molar-refractivity contribution in [3.63, 3.8) is 0 Å². The normalized spacial score (nSPS) is 18.4. The smallest absolute Gasteiger partial charge is 0.231 e. The fourth-order valence-electron chi connectivity index (χ4n) is 2.74. The molecule has 3 rings (SSSR count). The number of hydrogen-bond donors (Lipinski definition) is 2. The van der Waals surface area contributed by atoms with Gasteiger partial charge in [-0.3, -0.25) is 0 Å². The maximum atomic E-state index is 9.89. The molecule has 98 valence electrons. The molecule has 2 N–H and O–H groups in total. The molecule has 0 amide bonds. The van der Waals surface area contributed by atoms with E-state index in [1.165, 1.54) is 25.7 Å². The largest absolute Gasteiger partial charge is 0.507 e. The van der Waals surface area contributed by atoms with Gasteiger partial charge in [-0.25, -0.2) is 0 Å². The third-order valence-electron chi connectivity index (χ3n) is 3.80. The van der Waals surface area contributed by atoms with Gasteiger partial charge < -0.3 is 19.9 Å². The van der Waals surface area contributed by atoms with E-state index in [2.05, 4.69) is 5.32 Å². The van der Waals surface area contributed by atoms with Gasteiger partial charge in [0.2, 0.25) is 6.79 Å². The minimum absolute atomic E-state index is 0.244. The number of phenols is 1. The summed E-state index contributed by atoms with van der Waals surface area (Å²) in [5, 5.41) is 13.3. The van der Waals surface area contributed by atoms with Gasteiger partial charge in [0.15, 0.2) is 11.5 Å². The average Bonchev–Trinajstić information content (AvgIpc) is 3.00. The fourth-order valence-corrected chi connectivity index (χ4v) is 2.74. The number of nitrogens with one attached hydrogen (secondary N) is 1. The van der Waals surface area contributed by atoms with Crippen LogP contribution in [-0.4, -0.2) is 18.4 Å². The topological polar surface area (TPSA) is 50.7 Å². The Labute approximate surface area is 107 Å². The molecule has 0 aromatic heterocycles. The predicted octanol–water partition coefficient (Wildman–Crippen LogP) is 2.40. The van der Waals surface area contributed by atoms with E-state index in [9.17, 15) is 5.11 Å². The van der Waals surface area contributed by atoms with E-state index >= 15 is 0 Å². The fraction of sp³-hybridized carbons (Fsp3) is 0.571. The minimum Gasteiger partial charge on any atom is -0.507 e. The molecule has 18 heavy (non-hydrogen) atoms. The second-order valence-electron chi connectivity index (χ2n) is 5.12. The Hall–Kier alpha value is -1.42. The SMILES string of the molecule is Oc1cc2c(cc1CNCC1CCCC1)OCO2. The van der Waals surface area contributed by atoms with Crippen LogP contribution in [0, 0.1) is 5.92 Å². The van der Waals surface area contributed by atoms with Crippen LogP contribution in [0.25, 0.3) is 0 Å². The maximum absolute atomic E-state index is 9.89. The number of fused-ring (bicyclic) bond motifs is 1. The van der Waals surface area contributed by atoms with Crippen LogP contribution in [-0.2, 0) is 6.54 Å². The van der Waals surface area contributed by atoms with E-state index in [0.717, 1.165) is 23.8 Å². The lowest BCUT2D eigenvalue weighted by atomic mass is 10.1. The molecule has 0 unspecified atom stereocenters. The van der Waals surface area contributed by atoms with Gasteiger partial charge in [0.1, 0.15) is 5.75 Å². The predicted molar refractivity (Wildman–Crippen MR) is 67.9 cm³/mol. The van der Waals surface area contributed by atoms with Crippen LogP contribution in [0.5, 0.6) is 17.2 Å². The first kappa shape index (κ1) is 11.7. The van der Waals surface area contributed by atoms with Gasteiger partial charge in [0, 0.05) is 18.2 Å². The summed E-state index contributed by atoms with van der Waals surface area (Å²) in [4.78, 5) is 0. The molecule has 0 spiro atoms. The Morgan fingerprint density at radius 1 is 1.17 bits per heavy atom. The Kier molecular flexibility index (Phi) is 3.28. The lowest BCUT2D eigenvalue weighted by Crippen LogP contribution is -2.20. The summed E-state index contributed by atoms with van der Waals surface area (Å²) in [7, 11) is 0. The van der Waals surface area contributed by atoms with Crippen LogP contribution in [0.2, 0.25) is 0 Å². The van der Waals surface area contributed by atoms with Gasteiger partial charge in [-0.05, 0) is 31.4 Å². The zero-order valence-electron chi connectivity index (χ0n) is 10.4. The number of ether oxygens (including phenoxy) is 2. The zero-order valence-corrected chi connectivity index (χ0v) is 10.4. The summed E-state index contributed by atoms with van der Waals surface area (Å²) in [5.41, 5.74) is 0.872.